The Morgan fingerprint density at radius 1 is 0.878 bits per heavy atom. The summed E-state index contributed by atoms with van der Waals surface area (Å²) in [5, 5.41) is 23.5. The fraction of sp³-hybridized carbons (Fsp3) is 0.250. The van der Waals surface area contributed by atoms with Crippen LogP contribution in [0.5, 0.6) is 0 Å². The quantitative estimate of drug-likeness (QED) is 0.279. The number of nitrogens with zero attached hydrogens (tertiary/aromatic N) is 9. The lowest BCUT2D eigenvalue weighted by Gasteiger charge is -2.34. The lowest BCUT2D eigenvalue weighted by molar-refractivity contribution is -0.141. The molecule has 0 saturated heterocycles. The molecule has 1 N–H and O–H groups in total. The zero-order chi connectivity index (χ0) is 29.5. The summed E-state index contributed by atoms with van der Waals surface area (Å²) in [6.07, 6.45) is -0.214. The predicted molar refractivity (Wildman–Crippen MR) is 130 cm³/mol. The minimum Gasteiger partial charge on any atom is -0.381 e. The number of aromatic nitrogens is 9. The van der Waals surface area contributed by atoms with Crippen molar-refractivity contribution in [3.05, 3.63) is 106 Å². The summed E-state index contributed by atoms with van der Waals surface area (Å²) in [4.78, 5) is 29.5. The predicted octanol–water partition coefficient (Wildman–Crippen LogP) is 1.96. The number of hydrogen-bond donors (Lipinski definition) is 1. The van der Waals surface area contributed by atoms with Gasteiger partial charge < -0.3 is 5.11 Å². The van der Waals surface area contributed by atoms with E-state index in [1.807, 2.05) is 0 Å². The molecule has 0 saturated carbocycles. The van der Waals surface area contributed by atoms with Crippen LogP contribution in [0, 0.1) is 11.6 Å². The van der Waals surface area contributed by atoms with Gasteiger partial charge in [-0.3, -0.25) is 4.57 Å². The van der Waals surface area contributed by atoms with Crippen LogP contribution in [0.4, 0.5) is 22.0 Å². The Morgan fingerprint density at radius 3 is 2.22 bits per heavy atom. The lowest BCUT2D eigenvalue weighted by Crippen LogP contribution is -2.44. The molecule has 2 atom stereocenters. The van der Waals surface area contributed by atoms with E-state index in [0.717, 1.165) is 38.7 Å². The third-order valence-electron chi connectivity index (χ3n) is 6.47. The first-order chi connectivity index (χ1) is 19.4. The first-order valence-corrected chi connectivity index (χ1v) is 11.9. The van der Waals surface area contributed by atoms with Crippen molar-refractivity contribution < 1.29 is 27.1 Å². The molecule has 214 valence electrons. The average molecular weight is 577 g/mol. The minimum absolute atomic E-state index is 0.141. The van der Waals surface area contributed by atoms with Gasteiger partial charge in [0.05, 0.1) is 24.0 Å². The van der Waals surface area contributed by atoms with Crippen LogP contribution in [0.25, 0.3) is 11.4 Å². The van der Waals surface area contributed by atoms with Gasteiger partial charge in [-0.25, -0.2) is 37.3 Å². The molecular weight excluding hydrogens is 557 g/mol. The van der Waals surface area contributed by atoms with Gasteiger partial charge in [0.2, 0.25) is 0 Å². The van der Waals surface area contributed by atoms with Gasteiger partial charge in [0.25, 0.3) is 0 Å². The van der Waals surface area contributed by atoms with Crippen LogP contribution in [0.3, 0.4) is 0 Å². The van der Waals surface area contributed by atoms with Crippen LogP contribution in [0.1, 0.15) is 18.5 Å². The van der Waals surface area contributed by atoms with Gasteiger partial charge in [0, 0.05) is 11.6 Å². The number of benzene rings is 2. The fourth-order valence-electron chi connectivity index (χ4n) is 4.37. The second kappa shape index (κ2) is 10.2. The number of hydrogen-bond acceptors (Lipinski definition) is 7. The third kappa shape index (κ3) is 5.30. The number of alkyl halides is 3. The van der Waals surface area contributed by atoms with Crippen LogP contribution in [-0.2, 0) is 18.7 Å². The van der Waals surface area contributed by atoms with Gasteiger partial charge in [0.1, 0.15) is 49.1 Å². The molecule has 0 aliphatic carbocycles. The number of aliphatic hydroxyl groups is 1. The molecule has 5 aromatic rings. The Balaban J connectivity index is 1.47. The first-order valence-electron chi connectivity index (χ1n) is 11.9. The zero-order valence-electron chi connectivity index (χ0n) is 21.0. The van der Waals surface area contributed by atoms with Crippen LogP contribution >= 0.6 is 0 Å². The second-order valence-electron chi connectivity index (χ2n) is 9.13. The molecule has 0 radical (unpaired) electrons. The van der Waals surface area contributed by atoms with Gasteiger partial charge in [0.15, 0.2) is 0 Å². The normalized spacial score (nSPS) is 14.2. The molecule has 0 amide bonds. The molecule has 0 fully saturated rings. The summed E-state index contributed by atoms with van der Waals surface area (Å²) in [6.45, 7) is -0.437. The third-order valence-corrected chi connectivity index (χ3v) is 6.47. The van der Waals surface area contributed by atoms with Crippen molar-refractivity contribution in [1.82, 2.24) is 43.5 Å². The molecule has 0 aliphatic rings. The van der Waals surface area contributed by atoms with Crippen molar-refractivity contribution >= 4 is 0 Å². The van der Waals surface area contributed by atoms with Crippen molar-refractivity contribution in [1.29, 1.82) is 0 Å². The average Bonchev–Trinajstić information content (AvgIpc) is 3.64. The summed E-state index contributed by atoms with van der Waals surface area (Å²) in [6, 6.07) is 6.97. The number of halogens is 5. The molecule has 0 unspecified atom stereocenters. The highest BCUT2D eigenvalue weighted by Crippen LogP contribution is 2.35. The number of rotatable bonds is 8. The Labute approximate surface area is 226 Å². The van der Waals surface area contributed by atoms with E-state index >= 15 is 0 Å². The van der Waals surface area contributed by atoms with Crippen LogP contribution in [-0.4, -0.2) is 54.7 Å². The molecule has 2 aromatic carbocycles. The van der Waals surface area contributed by atoms with Gasteiger partial charge >= 0.3 is 17.6 Å². The maximum absolute atomic E-state index is 14.9. The summed E-state index contributed by atoms with van der Waals surface area (Å²) in [5.41, 5.74) is -3.79. The molecule has 17 heteroatoms. The maximum Gasteiger partial charge on any atom is 0.406 e. The van der Waals surface area contributed by atoms with Gasteiger partial charge in [-0.05, 0) is 37.3 Å². The molecule has 0 bridgehead atoms. The monoisotopic (exact) mass is 577 g/mol. The molecular formula is C24H20F5N9O3. The standard InChI is InChI=1S/C24H20F5N9O3/c1-15(23(41,9-35-12-30-11-31-35)19-7-2-16(25)8-20(19)26)37-22(40)36(14-33-37)17-3-5-18(6-4-17)38-21(39)34(13-32-38)10-24(27,28)29/h2-8,11-15,41H,9-10H2,1H3/t15-,23-/m1/s1. The van der Waals surface area contributed by atoms with E-state index in [1.165, 1.54) is 48.5 Å². The zero-order valence-corrected chi connectivity index (χ0v) is 21.0. The van der Waals surface area contributed by atoms with E-state index in [-0.39, 0.29) is 23.5 Å². The van der Waals surface area contributed by atoms with Crippen molar-refractivity contribution in [3.63, 3.8) is 0 Å². The fourth-order valence-corrected chi connectivity index (χ4v) is 4.37. The molecule has 12 nitrogen and oxygen atoms in total. The summed E-state index contributed by atoms with van der Waals surface area (Å²) in [7, 11) is 0. The molecule has 5 rings (SSSR count). The van der Waals surface area contributed by atoms with Crippen LogP contribution in [0.2, 0.25) is 0 Å². The van der Waals surface area contributed by atoms with Crippen LogP contribution in [0.15, 0.2) is 77.4 Å². The lowest BCUT2D eigenvalue weighted by atomic mass is 9.86. The topological polar surface area (TPSA) is 131 Å². The maximum atomic E-state index is 14.9. The largest absolute Gasteiger partial charge is 0.406 e. The van der Waals surface area contributed by atoms with E-state index in [2.05, 4.69) is 20.3 Å². The Bertz CT molecular complexity index is 1790. The highest BCUT2D eigenvalue weighted by Gasteiger charge is 2.42. The first kappa shape index (κ1) is 27.6. The van der Waals surface area contributed by atoms with E-state index in [4.69, 9.17) is 0 Å². The summed E-state index contributed by atoms with van der Waals surface area (Å²) in [5.74, 6) is -1.91. The van der Waals surface area contributed by atoms with Crippen LogP contribution < -0.4 is 11.4 Å². The highest BCUT2D eigenvalue weighted by molar-refractivity contribution is 5.40. The summed E-state index contributed by atoms with van der Waals surface area (Å²) < 4.78 is 70.9. The summed E-state index contributed by atoms with van der Waals surface area (Å²) >= 11 is 0. The minimum atomic E-state index is -4.61. The SMILES string of the molecule is C[C@@H](n1ncn(-c2ccc(-n3ncn(CC(F)(F)F)c3=O)cc2)c1=O)[C@](O)(Cn1cncn1)c1ccc(F)cc1F. The van der Waals surface area contributed by atoms with E-state index < -0.39 is 47.4 Å². The van der Waals surface area contributed by atoms with Crippen molar-refractivity contribution in [2.45, 2.75) is 37.8 Å². The highest BCUT2D eigenvalue weighted by atomic mass is 19.4. The molecule has 3 aromatic heterocycles. The molecule has 41 heavy (non-hydrogen) atoms. The Morgan fingerprint density at radius 2 is 1.59 bits per heavy atom. The van der Waals surface area contributed by atoms with E-state index in [1.54, 1.807) is 0 Å². The molecule has 0 aliphatic heterocycles. The van der Waals surface area contributed by atoms with Crippen molar-refractivity contribution in [3.8, 4) is 11.4 Å². The molecule has 3 heterocycles. The van der Waals surface area contributed by atoms with Crippen molar-refractivity contribution in [2.75, 3.05) is 0 Å². The Kier molecular flexibility index (Phi) is 6.90. The van der Waals surface area contributed by atoms with Gasteiger partial charge in [-0.15, -0.1) is 0 Å². The van der Waals surface area contributed by atoms with E-state index in [0.29, 0.717) is 10.6 Å². The smallest absolute Gasteiger partial charge is 0.381 e. The molecule has 0 spiro atoms. The van der Waals surface area contributed by atoms with Crippen molar-refractivity contribution in [2.24, 2.45) is 0 Å². The Hall–Kier alpha value is -4.93. The van der Waals surface area contributed by atoms with Gasteiger partial charge in [-0.1, -0.05) is 6.07 Å². The second-order valence-corrected chi connectivity index (χ2v) is 9.13. The van der Waals surface area contributed by atoms with Gasteiger partial charge in [-0.2, -0.15) is 33.1 Å². The van der Waals surface area contributed by atoms with E-state index in [9.17, 15) is 36.6 Å².